The molecule has 7 nitrogen and oxygen atoms in total. The van der Waals surface area contributed by atoms with E-state index in [4.69, 9.17) is 4.42 Å². The fourth-order valence-corrected chi connectivity index (χ4v) is 2.92. The number of carbonyl (C=O) groups is 2. The Balaban J connectivity index is 1.58. The zero-order chi connectivity index (χ0) is 19.4. The number of furan rings is 1. The number of hydrogen-bond acceptors (Lipinski definition) is 4. The van der Waals surface area contributed by atoms with Gasteiger partial charge in [0.15, 0.2) is 5.76 Å². The lowest BCUT2D eigenvalue weighted by atomic mass is 10.1. The molecule has 0 spiro atoms. The molecule has 2 heterocycles. The highest BCUT2D eigenvalue weighted by Crippen LogP contribution is 2.18. The van der Waals surface area contributed by atoms with Crippen LogP contribution in [-0.2, 0) is 18.3 Å². The lowest BCUT2D eigenvalue weighted by Crippen LogP contribution is -2.14. The summed E-state index contributed by atoms with van der Waals surface area (Å²) in [5.74, 6) is -0.204. The molecule has 7 heteroatoms. The molecule has 0 atom stereocenters. The molecule has 0 saturated carbocycles. The molecule has 0 aliphatic rings. The lowest BCUT2D eigenvalue weighted by Gasteiger charge is -2.08. The predicted octanol–water partition coefficient (Wildman–Crippen LogP) is 3.45. The highest BCUT2D eigenvalue weighted by molar-refractivity contribution is 6.02. The molecule has 1 aromatic carbocycles. The summed E-state index contributed by atoms with van der Waals surface area (Å²) in [6.45, 7) is 3.95. The largest absolute Gasteiger partial charge is 0.459 e. The summed E-state index contributed by atoms with van der Waals surface area (Å²) in [6.07, 6.45) is 2.43. The second-order valence-electron chi connectivity index (χ2n) is 6.33. The fraction of sp³-hybridized carbons (Fsp3) is 0.250. The van der Waals surface area contributed by atoms with E-state index in [1.54, 1.807) is 36.4 Å². The Bertz CT molecular complexity index is 958. The van der Waals surface area contributed by atoms with Gasteiger partial charge in [0.2, 0.25) is 5.91 Å². The third-order valence-corrected chi connectivity index (χ3v) is 4.41. The first-order chi connectivity index (χ1) is 12.9. The Kier molecular flexibility index (Phi) is 5.40. The van der Waals surface area contributed by atoms with E-state index < -0.39 is 0 Å². The third kappa shape index (κ3) is 4.44. The number of carbonyl (C=O) groups excluding carboxylic acids is 2. The van der Waals surface area contributed by atoms with Crippen LogP contribution < -0.4 is 10.6 Å². The normalized spacial score (nSPS) is 10.6. The van der Waals surface area contributed by atoms with E-state index in [0.29, 0.717) is 24.2 Å². The van der Waals surface area contributed by atoms with Gasteiger partial charge >= 0.3 is 0 Å². The SMILES string of the molecule is Cc1nn(C)c(C)c1CCC(=O)Nc1cccc(NC(=O)c2ccco2)c1. The van der Waals surface area contributed by atoms with Gasteiger partial charge in [-0.15, -0.1) is 0 Å². The van der Waals surface area contributed by atoms with Crippen LogP contribution in [0.5, 0.6) is 0 Å². The molecule has 3 aromatic rings. The number of hydrogen-bond donors (Lipinski definition) is 2. The monoisotopic (exact) mass is 366 g/mol. The quantitative estimate of drug-likeness (QED) is 0.699. The number of nitrogens with zero attached hydrogens (tertiary/aromatic N) is 2. The Labute approximate surface area is 157 Å². The van der Waals surface area contributed by atoms with Crippen molar-refractivity contribution in [3.8, 4) is 0 Å². The van der Waals surface area contributed by atoms with E-state index >= 15 is 0 Å². The van der Waals surface area contributed by atoms with E-state index in [0.717, 1.165) is 17.0 Å². The maximum Gasteiger partial charge on any atom is 0.291 e. The molecule has 140 valence electrons. The van der Waals surface area contributed by atoms with Crippen LogP contribution in [0.4, 0.5) is 11.4 Å². The first-order valence-electron chi connectivity index (χ1n) is 8.68. The molecule has 2 aromatic heterocycles. The molecule has 2 N–H and O–H groups in total. The molecule has 2 amide bonds. The molecule has 3 rings (SSSR count). The summed E-state index contributed by atoms with van der Waals surface area (Å²) in [5.41, 5.74) is 4.32. The van der Waals surface area contributed by atoms with Gasteiger partial charge in [-0.25, -0.2) is 0 Å². The molecule has 27 heavy (non-hydrogen) atoms. The van der Waals surface area contributed by atoms with Gasteiger partial charge in [0, 0.05) is 30.5 Å². The number of benzene rings is 1. The minimum Gasteiger partial charge on any atom is -0.459 e. The second kappa shape index (κ2) is 7.90. The molecular weight excluding hydrogens is 344 g/mol. The standard InChI is InChI=1S/C20H22N4O3/c1-13-17(14(2)24(3)23-13)9-10-19(25)21-15-6-4-7-16(12-15)22-20(26)18-8-5-11-27-18/h4-8,11-12H,9-10H2,1-3H3,(H,21,25)(H,22,26). The number of rotatable bonds is 6. The van der Waals surface area contributed by atoms with Crippen molar-refractivity contribution in [3.63, 3.8) is 0 Å². The fourth-order valence-electron chi connectivity index (χ4n) is 2.92. The summed E-state index contributed by atoms with van der Waals surface area (Å²) in [4.78, 5) is 24.3. The van der Waals surface area contributed by atoms with Gasteiger partial charge in [0.05, 0.1) is 12.0 Å². The first-order valence-corrected chi connectivity index (χ1v) is 8.68. The van der Waals surface area contributed by atoms with Crippen molar-refractivity contribution >= 4 is 23.2 Å². The number of aryl methyl sites for hydroxylation is 2. The molecule has 0 unspecified atom stereocenters. The van der Waals surface area contributed by atoms with Crippen molar-refractivity contribution in [1.82, 2.24) is 9.78 Å². The zero-order valence-corrected chi connectivity index (χ0v) is 15.6. The first kappa shape index (κ1) is 18.4. The van der Waals surface area contributed by atoms with Gasteiger partial charge in [-0.05, 0) is 56.2 Å². The van der Waals surface area contributed by atoms with Crippen molar-refractivity contribution in [2.24, 2.45) is 7.05 Å². The molecule has 0 radical (unpaired) electrons. The van der Waals surface area contributed by atoms with Crippen molar-refractivity contribution in [3.05, 3.63) is 65.4 Å². The average molecular weight is 366 g/mol. The van der Waals surface area contributed by atoms with Crippen molar-refractivity contribution in [1.29, 1.82) is 0 Å². The van der Waals surface area contributed by atoms with Gasteiger partial charge in [-0.3, -0.25) is 14.3 Å². The topological polar surface area (TPSA) is 89.2 Å². The van der Waals surface area contributed by atoms with Gasteiger partial charge in [0.1, 0.15) is 0 Å². The summed E-state index contributed by atoms with van der Waals surface area (Å²) < 4.78 is 6.90. The maximum atomic E-state index is 12.3. The molecule has 0 aliphatic heterocycles. The summed E-state index contributed by atoms with van der Waals surface area (Å²) in [7, 11) is 1.90. The van der Waals surface area contributed by atoms with Crippen LogP contribution in [0.25, 0.3) is 0 Å². The molecule has 0 fully saturated rings. The van der Waals surface area contributed by atoms with Crippen molar-refractivity contribution in [2.75, 3.05) is 10.6 Å². The molecular formula is C20H22N4O3. The van der Waals surface area contributed by atoms with E-state index in [1.807, 2.05) is 25.6 Å². The van der Waals surface area contributed by atoms with Gasteiger partial charge in [0.25, 0.3) is 5.91 Å². The summed E-state index contributed by atoms with van der Waals surface area (Å²) in [6, 6.07) is 10.2. The minimum absolute atomic E-state index is 0.0906. The highest BCUT2D eigenvalue weighted by atomic mass is 16.3. The van der Waals surface area contributed by atoms with Crippen LogP contribution in [0.15, 0.2) is 47.1 Å². The van der Waals surface area contributed by atoms with Gasteiger partial charge in [-0.1, -0.05) is 6.07 Å². The van der Waals surface area contributed by atoms with Crippen LogP contribution in [0.1, 0.15) is 33.9 Å². The van der Waals surface area contributed by atoms with Crippen LogP contribution in [-0.4, -0.2) is 21.6 Å². The van der Waals surface area contributed by atoms with Crippen LogP contribution >= 0.6 is 0 Å². The number of amides is 2. The zero-order valence-electron chi connectivity index (χ0n) is 15.6. The van der Waals surface area contributed by atoms with Gasteiger partial charge < -0.3 is 15.1 Å². The summed E-state index contributed by atoms with van der Waals surface area (Å²) in [5, 5.41) is 9.97. The number of aromatic nitrogens is 2. The van der Waals surface area contributed by atoms with E-state index in [2.05, 4.69) is 15.7 Å². The van der Waals surface area contributed by atoms with Crippen molar-refractivity contribution in [2.45, 2.75) is 26.7 Å². The van der Waals surface area contributed by atoms with Crippen LogP contribution in [0, 0.1) is 13.8 Å². The average Bonchev–Trinajstić information content (AvgIpc) is 3.23. The third-order valence-electron chi connectivity index (χ3n) is 4.41. The smallest absolute Gasteiger partial charge is 0.291 e. The maximum absolute atomic E-state index is 12.3. The van der Waals surface area contributed by atoms with E-state index in [1.165, 1.54) is 6.26 Å². The van der Waals surface area contributed by atoms with Crippen LogP contribution in [0.3, 0.4) is 0 Å². The number of anilines is 2. The van der Waals surface area contributed by atoms with E-state index in [-0.39, 0.29) is 17.6 Å². The lowest BCUT2D eigenvalue weighted by molar-refractivity contribution is -0.116. The second-order valence-corrected chi connectivity index (χ2v) is 6.33. The number of nitrogens with one attached hydrogen (secondary N) is 2. The van der Waals surface area contributed by atoms with E-state index in [9.17, 15) is 9.59 Å². The molecule has 0 aliphatic carbocycles. The molecule has 0 saturated heterocycles. The highest BCUT2D eigenvalue weighted by Gasteiger charge is 2.12. The predicted molar refractivity (Wildman–Crippen MR) is 103 cm³/mol. The Morgan fingerprint density at radius 3 is 2.48 bits per heavy atom. The van der Waals surface area contributed by atoms with Crippen molar-refractivity contribution < 1.29 is 14.0 Å². The molecule has 0 bridgehead atoms. The Morgan fingerprint density at radius 2 is 1.85 bits per heavy atom. The summed E-state index contributed by atoms with van der Waals surface area (Å²) >= 11 is 0. The van der Waals surface area contributed by atoms with Gasteiger partial charge in [-0.2, -0.15) is 5.10 Å². The van der Waals surface area contributed by atoms with Crippen LogP contribution in [0.2, 0.25) is 0 Å². The minimum atomic E-state index is -0.342. The Hall–Kier alpha value is -3.35. The Morgan fingerprint density at radius 1 is 1.11 bits per heavy atom.